The number of rotatable bonds is 1. The molecule has 0 aromatic rings. The molecule has 4 bridgehead atoms. The van der Waals surface area contributed by atoms with Gasteiger partial charge in [0.2, 0.25) is 0 Å². The van der Waals surface area contributed by atoms with E-state index in [9.17, 15) is 0 Å². The Morgan fingerprint density at radius 1 is 0.800 bits per heavy atom. The van der Waals surface area contributed by atoms with Gasteiger partial charge in [0.15, 0.2) is 0 Å². The first kappa shape index (κ1) is 9.93. The maximum atomic E-state index is 2.42. The average Bonchev–Trinajstić information content (AvgIpc) is 2.14. The van der Waals surface area contributed by atoms with Crippen molar-refractivity contribution >= 4 is 0 Å². The van der Waals surface area contributed by atoms with Gasteiger partial charge in [-0.25, -0.2) is 0 Å². The lowest BCUT2D eigenvalue weighted by atomic mass is 9.47. The number of hydrogen-bond donors (Lipinski definition) is 0. The first-order valence-corrected chi connectivity index (χ1v) is 6.73. The second kappa shape index (κ2) is 3.12. The lowest BCUT2D eigenvalue weighted by molar-refractivity contribution is -0.0309. The Balaban J connectivity index is 1.97. The van der Waals surface area contributed by atoms with Crippen LogP contribution in [0.25, 0.3) is 0 Å². The molecule has 4 aliphatic carbocycles. The van der Waals surface area contributed by atoms with Gasteiger partial charge in [0.05, 0.1) is 0 Å². The molecule has 0 saturated heterocycles. The molecule has 84 valence electrons. The van der Waals surface area contributed by atoms with E-state index in [1.165, 1.54) is 19.3 Å². The summed E-state index contributed by atoms with van der Waals surface area (Å²) < 4.78 is 0. The van der Waals surface area contributed by atoms with Crippen LogP contribution >= 0.6 is 0 Å². The van der Waals surface area contributed by atoms with Crippen molar-refractivity contribution in [2.45, 2.75) is 59.3 Å². The molecule has 0 unspecified atom stereocenters. The van der Waals surface area contributed by atoms with Crippen LogP contribution in [0.3, 0.4) is 0 Å². The maximum absolute atomic E-state index is 2.42. The highest BCUT2D eigenvalue weighted by Gasteiger charge is 2.51. The quantitative estimate of drug-likeness (QED) is 0.549. The SMILES string of the molecule is CC(C)=C(C)C12CC3CC(CC(C3)C1)C2. The molecule has 15 heavy (non-hydrogen) atoms. The van der Waals surface area contributed by atoms with E-state index in [0.717, 1.165) is 17.8 Å². The third kappa shape index (κ3) is 1.40. The third-order valence-electron chi connectivity index (χ3n) is 5.58. The van der Waals surface area contributed by atoms with E-state index in [0.29, 0.717) is 5.41 Å². The average molecular weight is 204 g/mol. The summed E-state index contributed by atoms with van der Waals surface area (Å²) in [5, 5.41) is 0. The largest absolute Gasteiger partial charge is 0.0769 e. The van der Waals surface area contributed by atoms with Gasteiger partial charge in [-0.05, 0) is 82.5 Å². The van der Waals surface area contributed by atoms with Gasteiger partial charge in [-0.2, -0.15) is 0 Å². The van der Waals surface area contributed by atoms with Crippen molar-refractivity contribution in [1.29, 1.82) is 0 Å². The fraction of sp³-hybridized carbons (Fsp3) is 0.867. The van der Waals surface area contributed by atoms with Crippen LogP contribution in [0.2, 0.25) is 0 Å². The lowest BCUT2D eigenvalue weighted by Crippen LogP contribution is -2.46. The van der Waals surface area contributed by atoms with Crippen LogP contribution in [0, 0.1) is 23.2 Å². The molecule has 4 aliphatic rings. The molecule has 0 aromatic heterocycles. The van der Waals surface area contributed by atoms with E-state index in [4.69, 9.17) is 0 Å². The highest BCUT2D eigenvalue weighted by molar-refractivity contribution is 5.22. The van der Waals surface area contributed by atoms with Crippen LogP contribution in [0.4, 0.5) is 0 Å². The maximum Gasteiger partial charge on any atom is -0.00805 e. The minimum atomic E-state index is 0.660. The smallest absolute Gasteiger partial charge is 0.00805 e. The fourth-order valence-corrected chi connectivity index (χ4v) is 5.10. The van der Waals surface area contributed by atoms with Crippen LogP contribution in [-0.4, -0.2) is 0 Å². The topological polar surface area (TPSA) is 0 Å². The summed E-state index contributed by atoms with van der Waals surface area (Å²) in [7, 11) is 0. The Bertz CT molecular complexity index is 269. The molecule has 0 aliphatic heterocycles. The molecule has 4 saturated carbocycles. The van der Waals surface area contributed by atoms with Gasteiger partial charge < -0.3 is 0 Å². The Hall–Kier alpha value is -0.260. The lowest BCUT2D eigenvalue weighted by Gasteiger charge is -2.57. The van der Waals surface area contributed by atoms with Gasteiger partial charge in [-0.15, -0.1) is 0 Å². The van der Waals surface area contributed by atoms with Crippen LogP contribution in [0.1, 0.15) is 59.3 Å². The first-order chi connectivity index (χ1) is 7.09. The second-order valence-corrected chi connectivity index (χ2v) is 6.82. The molecule has 0 radical (unpaired) electrons. The molecule has 0 amide bonds. The third-order valence-corrected chi connectivity index (χ3v) is 5.58. The molecule has 4 fully saturated rings. The predicted octanol–water partition coefficient (Wildman–Crippen LogP) is 4.56. The van der Waals surface area contributed by atoms with Crippen molar-refractivity contribution < 1.29 is 0 Å². The van der Waals surface area contributed by atoms with Gasteiger partial charge >= 0.3 is 0 Å². The van der Waals surface area contributed by atoms with E-state index < -0.39 is 0 Å². The molecule has 4 rings (SSSR count). The zero-order valence-corrected chi connectivity index (χ0v) is 10.5. The molecule has 0 spiro atoms. The van der Waals surface area contributed by atoms with Gasteiger partial charge in [0, 0.05) is 0 Å². The monoisotopic (exact) mass is 204 g/mol. The molecule has 0 atom stereocenters. The Morgan fingerprint density at radius 3 is 1.53 bits per heavy atom. The Morgan fingerprint density at radius 2 is 1.20 bits per heavy atom. The van der Waals surface area contributed by atoms with Gasteiger partial charge in [-0.3, -0.25) is 0 Å². The van der Waals surface area contributed by atoms with Gasteiger partial charge in [0.1, 0.15) is 0 Å². The van der Waals surface area contributed by atoms with Crippen molar-refractivity contribution in [2.75, 3.05) is 0 Å². The van der Waals surface area contributed by atoms with E-state index in [2.05, 4.69) is 20.8 Å². The minimum absolute atomic E-state index is 0.660. The highest BCUT2D eigenvalue weighted by Crippen LogP contribution is 2.62. The van der Waals surface area contributed by atoms with Crippen molar-refractivity contribution in [3.63, 3.8) is 0 Å². The summed E-state index contributed by atoms with van der Waals surface area (Å²) >= 11 is 0. The zero-order chi connectivity index (χ0) is 10.6. The number of allylic oxidation sites excluding steroid dienone is 2. The zero-order valence-electron chi connectivity index (χ0n) is 10.5. The Kier molecular flexibility index (Phi) is 2.06. The summed E-state index contributed by atoms with van der Waals surface area (Å²) in [5.41, 5.74) is 4.01. The van der Waals surface area contributed by atoms with Crippen molar-refractivity contribution in [1.82, 2.24) is 0 Å². The van der Waals surface area contributed by atoms with Crippen LogP contribution in [-0.2, 0) is 0 Å². The predicted molar refractivity (Wildman–Crippen MR) is 64.7 cm³/mol. The summed E-state index contributed by atoms with van der Waals surface area (Å²) in [4.78, 5) is 0. The summed E-state index contributed by atoms with van der Waals surface area (Å²) in [6.45, 7) is 7.05. The van der Waals surface area contributed by atoms with Crippen molar-refractivity contribution in [3.8, 4) is 0 Å². The molecular weight excluding hydrogens is 180 g/mol. The summed E-state index contributed by atoms with van der Waals surface area (Å²) in [6.07, 6.45) is 9.27. The molecule has 0 N–H and O–H groups in total. The van der Waals surface area contributed by atoms with Crippen molar-refractivity contribution in [2.24, 2.45) is 23.2 Å². The van der Waals surface area contributed by atoms with E-state index in [-0.39, 0.29) is 0 Å². The molecule has 0 nitrogen and oxygen atoms in total. The normalized spacial score (nSPS) is 47.0. The van der Waals surface area contributed by atoms with Crippen LogP contribution in [0.5, 0.6) is 0 Å². The molecule has 0 heterocycles. The summed E-state index contributed by atoms with van der Waals surface area (Å²) in [6, 6.07) is 0. The number of hydrogen-bond acceptors (Lipinski definition) is 0. The van der Waals surface area contributed by atoms with E-state index in [1.54, 1.807) is 30.4 Å². The Labute approximate surface area is 94.1 Å². The van der Waals surface area contributed by atoms with Gasteiger partial charge in [-0.1, -0.05) is 11.1 Å². The highest BCUT2D eigenvalue weighted by atomic mass is 14.6. The minimum Gasteiger partial charge on any atom is -0.0769 e. The first-order valence-electron chi connectivity index (χ1n) is 6.73. The van der Waals surface area contributed by atoms with Crippen molar-refractivity contribution in [3.05, 3.63) is 11.1 Å². The fourth-order valence-electron chi connectivity index (χ4n) is 5.10. The molecule has 0 heteroatoms. The van der Waals surface area contributed by atoms with E-state index >= 15 is 0 Å². The second-order valence-electron chi connectivity index (χ2n) is 6.82. The van der Waals surface area contributed by atoms with Gasteiger partial charge in [0.25, 0.3) is 0 Å². The van der Waals surface area contributed by atoms with Crippen LogP contribution < -0.4 is 0 Å². The standard InChI is InChI=1S/C15H24/c1-10(2)11(3)15-7-12-4-13(8-15)6-14(5-12)9-15/h12-14H,4-9H2,1-3H3. The molecule has 0 aromatic carbocycles. The van der Waals surface area contributed by atoms with E-state index in [1.807, 2.05) is 0 Å². The van der Waals surface area contributed by atoms with Crippen LogP contribution in [0.15, 0.2) is 11.1 Å². The summed E-state index contributed by atoms with van der Waals surface area (Å²) in [5.74, 6) is 3.27. The molecular formula is C15H24.